The molecule has 1 aromatic heterocycles. The minimum absolute atomic E-state index is 0.0874. The SMILES string of the molecule is COCCS(=O)(=O)c1ccc(C(=O)NCCc2ccc(-c3csc(C)n3)cc2)cc1. The predicted octanol–water partition coefficient (Wildman–Crippen LogP) is 3.51. The van der Waals surface area contributed by atoms with E-state index in [1.165, 1.54) is 31.4 Å². The van der Waals surface area contributed by atoms with Crippen molar-refractivity contribution in [3.8, 4) is 11.3 Å². The van der Waals surface area contributed by atoms with Gasteiger partial charge in [0.05, 0.1) is 28.0 Å². The zero-order valence-corrected chi connectivity index (χ0v) is 18.6. The van der Waals surface area contributed by atoms with E-state index >= 15 is 0 Å². The average Bonchev–Trinajstić information content (AvgIpc) is 3.19. The Morgan fingerprint density at radius 2 is 1.80 bits per heavy atom. The smallest absolute Gasteiger partial charge is 0.251 e. The number of carbonyl (C=O) groups excluding carboxylic acids is 1. The van der Waals surface area contributed by atoms with Crippen molar-refractivity contribution in [2.45, 2.75) is 18.2 Å². The largest absolute Gasteiger partial charge is 0.384 e. The van der Waals surface area contributed by atoms with E-state index in [0.717, 1.165) is 21.8 Å². The summed E-state index contributed by atoms with van der Waals surface area (Å²) < 4.78 is 29.1. The Bertz CT molecular complexity index is 1090. The van der Waals surface area contributed by atoms with E-state index in [1.54, 1.807) is 11.3 Å². The van der Waals surface area contributed by atoms with E-state index in [4.69, 9.17) is 4.74 Å². The highest BCUT2D eigenvalue weighted by Gasteiger charge is 2.15. The molecule has 0 saturated heterocycles. The van der Waals surface area contributed by atoms with Crippen LogP contribution in [-0.4, -0.2) is 45.3 Å². The van der Waals surface area contributed by atoms with Crippen LogP contribution in [0, 0.1) is 6.92 Å². The second-order valence-corrected chi connectivity index (χ2v) is 9.96. The maximum atomic E-state index is 12.3. The quantitative estimate of drug-likeness (QED) is 0.546. The zero-order valence-electron chi connectivity index (χ0n) is 16.9. The van der Waals surface area contributed by atoms with E-state index in [1.807, 2.05) is 36.6 Å². The highest BCUT2D eigenvalue weighted by molar-refractivity contribution is 7.91. The first-order valence-corrected chi connectivity index (χ1v) is 12.0. The number of methoxy groups -OCH3 is 1. The van der Waals surface area contributed by atoms with Gasteiger partial charge in [0.2, 0.25) is 0 Å². The molecule has 0 atom stereocenters. The maximum absolute atomic E-state index is 12.3. The first kappa shape index (κ1) is 22.1. The van der Waals surface area contributed by atoms with Gasteiger partial charge < -0.3 is 10.1 Å². The summed E-state index contributed by atoms with van der Waals surface area (Å²) in [6.45, 7) is 2.61. The fourth-order valence-electron chi connectivity index (χ4n) is 2.89. The number of thiazole rings is 1. The maximum Gasteiger partial charge on any atom is 0.251 e. The van der Waals surface area contributed by atoms with Gasteiger partial charge in [0, 0.05) is 30.2 Å². The molecule has 0 saturated carbocycles. The number of ether oxygens (including phenoxy) is 1. The normalized spacial score (nSPS) is 11.4. The van der Waals surface area contributed by atoms with Crippen molar-refractivity contribution >= 4 is 27.1 Å². The zero-order chi connectivity index (χ0) is 21.6. The summed E-state index contributed by atoms with van der Waals surface area (Å²) in [5.74, 6) is -0.318. The van der Waals surface area contributed by atoms with Crippen molar-refractivity contribution in [1.29, 1.82) is 0 Å². The first-order valence-electron chi connectivity index (χ1n) is 9.50. The molecule has 6 nitrogen and oxygen atoms in total. The molecule has 8 heteroatoms. The summed E-state index contributed by atoms with van der Waals surface area (Å²) in [7, 11) is -1.94. The van der Waals surface area contributed by atoms with Crippen LogP contribution in [0.25, 0.3) is 11.3 Å². The van der Waals surface area contributed by atoms with Crippen molar-refractivity contribution in [1.82, 2.24) is 10.3 Å². The van der Waals surface area contributed by atoms with Crippen LogP contribution in [0.5, 0.6) is 0 Å². The molecule has 0 fully saturated rings. The van der Waals surface area contributed by atoms with Crippen LogP contribution in [0.3, 0.4) is 0 Å². The van der Waals surface area contributed by atoms with Crippen LogP contribution in [-0.2, 0) is 21.0 Å². The van der Waals surface area contributed by atoms with Gasteiger partial charge in [-0.15, -0.1) is 11.3 Å². The van der Waals surface area contributed by atoms with Crippen molar-refractivity contribution in [2.24, 2.45) is 0 Å². The summed E-state index contributed by atoms with van der Waals surface area (Å²) in [5, 5.41) is 5.95. The van der Waals surface area contributed by atoms with Crippen LogP contribution in [0.15, 0.2) is 58.8 Å². The molecular formula is C22H24N2O4S2. The lowest BCUT2D eigenvalue weighted by molar-refractivity contribution is 0.0954. The summed E-state index contributed by atoms with van der Waals surface area (Å²) in [6, 6.07) is 14.1. The molecular weight excluding hydrogens is 420 g/mol. The van der Waals surface area contributed by atoms with E-state index < -0.39 is 9.84 Å². The molecule has 0 aliphatic rings. The number of sulfone groups is 1. The fourth-order valence-corrected chi connectivity index (χ4v) is 4.68. The van der Waals surface area contributed by atoms with Gasteiger partial charge in [-0.25, -0.2) is 13.4 Å². The van der Waals surface area contributed by atoms with Gasteiger partial charge in [-0.2, -0.15) is 0 Å². The van der Waals surface area contributed by atoms with E-state index in [0.29, 0.717) is 18.5 Å². The van der Waals surface area contributed by atoms with Crippen molar-refractivity contribution in [2.75, 3.05) is 26.0 Å². The monoisotopic (exact) mass is 444 g/mol. The Morgan fingerprint density at radius 1 is 1.10 bits per heavy atom. The van der Waals surface area contributed by atoms with Crippen molar-refractivity contribution < 1.29 is 17.9 Å². The number of aromatic nitrogens is 1. The molecule has 0 spiro atoms. The number of nitrogens with one attached hydrogen (secondary N) is 1. The Labute approximate surface area is 180 Å². The Kier molecular flexibility index (Phi) is 7.36. The van der Waals surface area contributed by atoms with Gasteiger partial charge in [-0.3, -0.25) is 4.79 Å². The number of nitrogens with zero attached hydrogens (tertiary/aromatic N) is 1. The lowest BCUT2D eigenvalue weighted by Crippen LogP contribution is -2.25. The van der Waals surface area contributed by atoms with E-state index in [9.17, 15) is 13.2 Å². The van der Waals surface area contributed by atoms with Gasteiger partial charge in [-0.1, -0.05) is 24.3 Å². The highest BCUT2D eigenvalue weighted by Crippen LogP contribution is 2.21. The van der Waals surface area contributed by atoms with Gasteiger partial charge in [0.25, 0.3) is 5.91 Å². The van der Waals surface area contributed by atoms with Crippen LogP contribution >= 0.6 is 11.3 Å². The number of benzene rings is 2. The van der Waals surface area contributed by atoms with Gasteiger partial charge in [0.15, 0.2) is 9.84 Å². The third-order valence-electron chi connectivity index (χ3n) is 4.60. The van der Waals surface area contributed by atoms with Crippen molar-refractivity contribution in [3.05, 3.63) is 70.0 Å². The van der Waals surface area contributed by atoms with Gasteiger partial charge >= 0.3 is 0 Å². The highest BCUT2D eigenvalue weighted by atomic mass is 32.2. The summed E-state index contributed by atoms with van der Waals surface area (Å²) in [5.41, 5.74) is 3.60. The number of hydrogen-bond donors (Lipinski definition) is 1. The molecule has 30 heavy (non-hydrogen) atoms. The molecule has 1 heterocycles. The second kappa shape index (κ2) is 9.97. The molecule has 0 aliphatic heterocycles. The summed E-state index contributed by atoms with van der Waals surface area (Å²) in [4.78, 5) is 17.0. The molecule has 0 radical (unpaired) electrons. The Balaban J connectivity index is 1.52. The Hall–Kier alpha value is -2.55. The number of rotatable bonds is 9. The van der Waals surface area contributed by atoms with Crippen molar-refractivity contribution in [3.63, 3.8) is 0 Å². The summed E-state index contributed by atoms with van der Waals surface area (Å²) >= 11 is 1.63. The topological polar surface area (TPSA) is 85.4 Å². The minimum Gasteiger partial charge on any atom is -0.384 e. The first-order chi connectivity index (χ1) is 14.4. The van der Waals surface area contributed by atoms with Crippen LogP contribution in [0.2, 0.25) is 0 Å². The van der Waals surface area contributed by atoms with Gasteiger partial charge in [-0.05, 0) is 43.2 Å². The predicted molar refractivity (Wildman–Crippen MR) is 119 cm³/mol. The van der Waals surface area contributed by atoms with E-state index in [2.05, 4.69) is 10.3 Å². The van der Waals surface area contributed by atoms with Crippen LogP contribution in [0.4, 0.5) is 0 Å². The molecule has 0 unspecified atom stereocenters. The lowest BCUT2D eigenvalue weighted by atomic mass is 10.1. The number of amides is 1. The lowest BCUT2D eigenvalue weighted by Gasteiger charge is -2.08. The summed E-state index contributed by atoms with van der Waals surface area (Å²) in [6.07, 6.45) is 0.700. The van der Waals surface area contributed by atoms with Crippen LogP contribution < -0.4 is 5.32 Å². The van der Waals surface area contributed by atoms with Crippen LogP contribution in [0.1, 0.15) is 20.9 Å². The molecule has 2 aromatic carbocycles. The molecule has 158 valence electrons. The van der Waals surface area contributed by atoms with E-state index in [-0.39, 0.29) is 23.2 Å². The molecule has 1 amide bonds. The molecule has 0 bridgehead atoms. The standard InChI is InChI=1S/C22H24N2O4S2/c1-16-24-21(15-29-16)18-5-3-17(4-6-18)11-12-23-22(25)19-7-9-20(10-8-19)30(26,27)14-13-28-2/h3-10,15H,11-14H2,1-2H3,(H,23,25). The number of aryl methyl sites for hydroxylation is 1. The minimum atomic E-state index is -3.40. The Morgan fingerprint density at radius 3 is 2.40 bits per heavy atom. The second-order valence-electron chi connectivity index (χ2n) is 6.79. The molecule has 1 N–H and O–H groups in total. The average molecular weight is 445 g/mol. The third-order valence-corrected chi connectivity index (χ3v) is 7.07. The van der Waals surface area contributed by atoms with Gasteiger partial charge in [0.1, 0.15) is 0 Å². The fraction of sp³-hybridized carbons (Fsp3) is 0.273. The molecule has 0 aliphatic carbocycles. The number of carbonyl (C=O) groups is 1. The molecule has 3 rings (SSSR count). The number of hydrogen-bond acceptors (Lipinski definition) is 6. The third kappa shape index (κ3) is 5.75. The molecule has 3 aromatic rings.